The maximum absolute atomic E-state index is 13.1. The summed E-state index contributed by atoms with van der Waals surface area (Å²) < 4.78 is 5.37. The van der Waals surface area contributed by atoms with Crippen molar-refractivity contribution < 1.29 is 18.8 Å². The molecule has 9 heteroatoms. The second-order valence-electron chi connectivity index (χ2n) is 7.70. The number of nitrogens with one attached hydrogen (secondary N) is 1. The number of amides is 2. The highest BCUT2D eigenvalue weighted by molar-refractivity contribution is 6.38. The molecule has 1 unspecified atom stereocenters. The van der Waals surface area contributed by atoms with Gasteiger partial charge in [-0.2, -0.15) is 0 Å². The Morgan fingerprint density at radius 2 is 1.69 bits per heavy atom. The van der Waals surface area contributed by atoms with Crippen LogP contribution in [0.1, 0.15) is 22.0 Å². The van der Waals surface area contributed by atoms with Gasteiger partial charge >= 0.3 is 0 Å². The van der Waals surface area contributed by atoms with E-state index < -0.39 is 17.6 Å². The van der Waals surface area contributed by atoms with Crippen molar-refractivity contribution in [1.82, 2.24) is 19.8 Å². The fourth-order valence-corrected chi connectivity index (χ4v) is 4.16. The predicted octanol–water partition coefficient (Wildman–Crippen LogP) is 1.80. The molecular formula is C23H21N5O4. The number of pyridine rings is 1. The van der Waals surface area contributed by atoms with E-state index in [0.29, 0.717) is 54.6 Å². The number of ketones is 1. The summed E-state index contributed by atoms with van der Waals surface area (Å²) in [6.07, 6.45) is 4.61. The Kier molecular flexibility index (Phi) is 5.14. The highest BCUT2D eigenvalue weighted by Crippen LogP contribution is 2.37. The lowest BCUT2D eigenvalue weighted by molar-refractivity contribution is -0.146. The molecule has 0 spiro atoms. The molecule has 0 saturated carbocycles. The first-order chi connectivity index (χ1) is 15.6. The topological polar surface area (TPSA) is 109 Å². The zero-order valence-electron chi connectivity index (χ0n) is 17.2. The number of hydrogen-bond acceptors (Lipinski definition) is 7. The van der Waals surface area contributed by atoms with Crippen molar-refractivity contribution in [3.8, 4) is 11.5 Å². The Morgan fingerprint density at radius 3 is 2.41 bits per heavy atom. The van der Waals surface area contributed by atoms with Gasteiger partial charge in [0.05, 0.1) is 29.1 Å². The molecule has 162 valence electrons. The van der Waals surface area contributed by atoms with Gasteiger partial charge in [0.25, 0.3) is 11.8 Å². The Balaban J connectivity index is 1.26. The van der Waals surface area contributed by atoms with Crippen LogP contribution in [-0.2, 0) is 9.59 Å². The summed E-state index contributed by atoms with van der Waals surface area (Å²) in [5.41, 5.74) is 2.51. The third-order valence-electron chi connectivity index (χ3n) is 5.86. The molecule has 1 atom stereocenters. The number of piperazine rings is 1. The molecule has 3 aromatic rings. The SMILES string of the molecule is O=C(C(=O)N1CCN(C(=O)c2ccccc2)CC1)C1CNc2c(-c3ncco3)ccnc21. The van der Waals surface area contributed by atoms with Crippen molar-refractivity contribution >= 4 is 23.3 Å². The Labute approximate surface area is 184 Å². The normalized spacial score (nSPS) is 17.6. The van der Waals surface area contributed by atoms with E-state index in [1.165, 1.54) is 11.2 Å². The number of Topliss-reactive ketones (excluding diaryl/α,β-unsaturated/α-hetero) is 1. The average Bonchev–Trinajstić information content (AvgIpc) is 3.53. The van der Waals surface area contributed by atoms with Crippen LogP contribution in [0.15, 0.2) is 59.5 Å². The number of hydrogen-bond donors (Lipinski definition) is 1. The van der Waals surface area contributed by atoms with E-state index in [9.17, 15) is 14.4 Å². The molecule has 0 radical (unpaired) electrons. The lowest BCUT2D eigenvalue weighted by Crippen LogP contribution is -2.52. The largest absolute Gasteiger partial charge is 0.444 e. The minimum Gasteiger partial charge on any atom is -0.444 e. The van der Waals surface area contributed by atoms with Crippen LogP contribution >= 0.6 is 0 Å². The molecule has 0 aliphatic carbocycles. The number of fused-ring (bicyclic) bond motifs is 1. The van der Waals surface area contributed by atoms with Gasteiger partial charge in [-0.1, -0.05) is 18.2 Å². The van der Waals surface area contributed by atoms with E-state index >= 15 is 0 Å². The molecule has 4 heterocycles. The van der Waals surface area contributed by atoms with Crippen molar-refractivity contribution in [3.63, 3.8) is 0 Å². The maximum atomic E-state index is 13.1. The highest BCUT2D eigenvalue weighted by Gasteiger charge is 2.38. The van der Waals surface area contributed by atoms with Gasteiger partial charge in [-0.05, 0) is 18.2 Å². The number of carbonyl (C=O) groups excluding carboxylic acids is 3. The minimum atomic E-state index is -0.670. The molecule has 1 N–H and O–H groups in total. The smallest absolute Gasteiger partial charge is 0.290 e. The van der Waals surface area contributed by atoms with Gasteiger partial charge in [-0.25, -0.2) is 4.98 Å². The molecule has 32 heavy (non-hydrogen) atoms. The van der Waals surface area contributed by atoms with E-state index in [1.807, 2.05) is 18.2 Å². The molecule has 2 amide bonds. The van der Waals surface area contributed by atoms with E-state index in [2.05, 4.69) is 15.3 Å². The molecule has 9 nitrogen and oxygen atoms in total. The van der Waals surface area contributed by atoms with Gasteiger partial charge in [0.1, 0.15) is 6.26 Å². The van der Waals surface area contributed by atoms with E-state index in [1.54, 1.807) is 35.5 Å². The fourth-order valence-electron chi connectivity index (χ4n) is 4.16. The summed E-state index contributed by atoms with van der Waals surface area (Å²) in [7, 11) is 0. The number of oxazole rings is 1. The van der Waals surface area contributed by atoms with E-state index in [0.717, 1.165) is 0 Å². The molecular weight excluding hydrogens is 410 g/mol. The first-order valence-corrected chi connectivity index (χ1v) is 10.4. The number of nitrogens with zero attached hydrogens (tertiary/aromatic N) is 4. The second kappa shape index (κ2) is 8.26. The van der Waals surface area contributed by atoms with Crippen LogP contribution in [0.4, 0.5) is 5.69 Å². The summed E-state index contributed by atoms with van der Waals surface area (Å²) >= 11 is 0. The van der Waals surface area contributed by atoms with Crippen LogP contribution in [-0.4, -0.2) is 70.1 Å². The number of carbonyl (C=O) groups is 3. The van der Waals surface area contributed by atoms with E-state index in [4.69, 9.17) is 4.42 Å². The molecule has 1 aromatic carbocycles. The predicted molar refractivity (Wildman–Crippen MR) is 115 cm³/mol. The standard InChI is InChI=1S/C23H21N5O4/c29-20(17-14-26-18-16(6-7-24-19(17)18)21-25-8-13-32-21)23(31)28-11-9-27(10-12-28)22(30)15-4-2-1-3-5-15/h1-8,13,17,26H,9-12,14H2. The summed E-state index contributed by atoms with van der Waals surface area (Å²) in [4.78, 5) is 50.3. The molecule has 0 bridgehead atoms. The number of anilines is 1. The van der Waals surface area contributed by atoms with Crippen molar-refractivity contribution in [2.45, 2.75) is 5.92 Å². The number of aromatic nitrogens is 2. The van der Waals surface area contributed by atoms with Crippen molar-refractivity contribution in [2.75, 3.05) is 38.0 Å². The van der Waals surface area contributed by atoms with Gasteiger partial charge in [0.15, 0.2) is 0 Å². The molecule has 1 saturated heterocycles. The van der Waals surface area contributed by atoms with Crippen LogP contribution in [0, 0.1) is 0 Å². The maximum Gasteiger partial charge on any atom is 0.290 e. The van der Waals surface area contributed by atoms with Crippen molar-refractivity contribution in [3.05, 3.63) is 66.3 Å². The van der Waals surface area contributed by atoms with Crippen LogP contribution in [0.3, 0.4) is 0 Å². The first kappa shape index (κ1) is 19.9. The highest BCUT2D eigenvalue weighted by atomic mass is 16.3. The Bertz CT molecular complexity index is 1150. The van der Waals surface area contributed by atoms with Crippen LogP contribution in [0.2, 0.25) is 0 Å². The lowest BCUT2D eigenvalue weighted by atomic mass is 9.99. The molecule has 2 aliphatic heterocycles. The molecule has 2 aliphatic rings. The summed E-state index contributed by atoms with van der Waals surface area (Å²) in [6, 6.07) is 10.8. The third-order valence-corrected chi connectivity index (χ3v) is 5.86. The average molecular weight is 431 g/mol. The zero-order valence-corrected chi connectivity index (χ0v) is 17.2. The second-order valence-corrected chi connectivity index (χ2v) is 7.70. The van der Waals surface area contributed by atoms with E-state index in [-0.39, 0.29) is 12.5 Å². The first-order valence-electron chi connectivity index (χ1n) is 10.4. The number of benzene rings is 1. The van der Waals surface area contributed by atoms with Crippen molar-refractivity contribution in [1.29, 1.82) is 0 Å². The summed E-state index contributed by atoms with van der Waals surface area (Å²) in [6.45, 7) is 1.70. The van der Waals surface area contributed by atoms with Gasteiger partial charge in [0.2, 0.25) is 11.7 Å². The zero-order chi connectivity index (χ0) is 22.1. The summed E-state index contributed by atoms with van der Waals surface area (Å²) in [5.74, 6) is -1.36. The van der Waals surface area contributed by atoms with Gasteiger partial charge in [-0.15, -0.1) is 0 Å². The molecule has 5 rings (SSSR count). The van der Waals surface area contributed by atoms with Crippen LogP contribution in [0.5, 0.6) is 0 Å². The third kappa shape index (κ3) is 3.51. The Morgan fingerprint density at radius 1 is 0.938 bits per heavy atom. The lowest BCUT2D eigenvalue weighted by Gasteiger charge is -2.34. The summed E-state index contributed by atoms with van der Waals surface area (Å²) in [5, 5.41) is 3.18. The van der Waals surface area contributed by atoms with Gasteiger partial charge < -0.3 is 19.5 Å². The number of rotatable bonds is 4. The molecule has 2 aromatic heterocycles. The van der Waals surface area contributed by atoms with Crippen LogP contribution < -0.4 is 5.32 Å². The quantitative estimate of drug-likeness (QED) is 0.628. The monoisotopic (exact) mass is 431 g/mol. The van der Waals surface area contributed by atoms with Crippen molar-refractivity contribution in [2.24, 2.45) is 0 Å². The molecule has 1 fully saturated rings. The Hall–Kier alpha value is -4.01. The van der Waals surface area contributed by atoms with Gasteiger partial charge in [-0.3, -0.25) is 19.4 Å². The minimum absolute atomic E-state index is 0.0683. The fraction of sp³-hybridized carbons (Fsp3) is 0.261. The van der Waals surface area contributed by atoms with Crippen LogP contribution in [0.25, 0.3) is 11.5 Å². The van der Waals surface area contributed by atoms with Gasteiger partial charge in [0, 0.05) is 44.5 Å².